The highest BCUT2D eigenvalue weighted by Gasteiger charge is 2.11. The van der Waals surface area contributed by atoms with Crippen molar-refractivity contribution in [2.75, 3.05) is 0 Å². The number of pyridine rings is 2. The van der Waals surface area contributed by atoms with E-state index in [2.05, 4.69) is 101 Å². The van der Waals surface area contributed by atoms with Gasteiger partial charge >= 0.3 is 0 Å². The molecule has 4 nitrogen and oxygen atoms in total. The molecule has 0 amide bonds. The van der Waals surface area contributed by atoms with Gasteiger partial charge in [0, 0.05) is 39.9 Å². The maximum Gasteiger partial charge on any atom is 0.159 e. The summed E-state index contributed by atoms with van der Waals surface area (Å²) in [6.07, 6.45) is 3.51. The van der Waals surface area contributed by atoms with Gasteiger partial charge in [0.05, 0.1) is 22.4 Å². The Labute approximate surface area is 208 Å². The molecule has 0 atom stereocenters. The monoisotopic (exact) mass is 460 g/mol. The highest BCUT2D eigenvalue weighted by molar-refractivity contribution is 6.05. The first-order chi connectivity index (χ1) is 17.8. The van der Waals surface area contributed by atoms with E-state index in [9.17, 15) is 0 Å². The fourth-order valence-electron chi connectivity index (χ4n) is 4.77. The molecule has 0 aliphatic heterocycles. The second-order valence-corrected chi connectivity index (χ2v) is 8.78. The van der Waals surface area contributed by atoms with Gasteiger partial charge in [-0.05, 0) is 29.0 Å². The van der Waals surface area contributed by atoms with E-state index in [4.69, 9.17) is 9.97 Å². The summed E-state index contributed by atoms with van der Waals surface area (Å²) in [6, 6.07) is 37.5. The molecule has 4 aromatic carbocycles. The Morgan fingerprint density at radius 2 is 1.03 bits per heavy atom. The van der Waals surface area contributed by atoms with Gasteiger partial charge < -0.3 is 0 Å². The number of nitrogens with zero attached hydrogens (tertiary/aromatic N) is 4. The zero-order valence-corrected chi connectivity index (χ0v) is 19.3. The molecule has 0 fully saturated rings. The van der Waals surface area contributed by atoms with Gasteiger partial charge in [-0.25, -0.2) is 19.9 Å². The predicted octanol–water partition coefficient (Wildman–Crippen LogP) is 7.73. The van der Waals surface area contributed by atoms with Crippen LogP contribution in [-0.4, -0.2) is 19.9 Å². The minimum Gasteiger partial charge on any atom is -0.245 e. The Morgan fingerprint density at radius 3 is 1.81 bits per heavy atom. The summed E-state index contributed by atoms with van der Waals surface area (Å²) < 4.78 is 0. The van der Waals surface area contributed by atoms with Crippen LogP contribution in [0.2, 0.25) is 0 Å². The first kappa shape index (κ1) is 20.4. The highest BCUT2D eigenvalue weighted by atomic mass is 14.8. The molecule has 4 heteroatoms. The summed E-state index contributed by atoms with van der Waals surface area (Å²) in [6.45, 7) is 0. The van der Waals surface area contributed by atoms with Crippen molar-refractivity contribution < 1.29 is 0 Å². The van der Waals surface area contributed by atoms with Gasteiger partial charge in [0.15, 0.2) is 5.82 Å². The Hall–Kier alpha value is -4.96. The standard InChI is InChI=1S/C32H20N4/c1-2-7-26-21(5-1)6-3-8-27(26)29-18-16-24-12-11-23-15-17-28(35-30(23)31(24)36-29)22-9-13-25(14-10-22)32-33-19-4-20-34-32/h1-20H. The van der Waals surface area contributed by atoms with Gasteiger partial charge in [-0.3, -0.25) is 0 Å². The van der Waals surface area contributed by atoms with E-state index in [1.54, 1.807) is 12.4 Å². The summed E-state index contributed by atoms with van der Waals surface area (Å²) in [7, 11) is 0. The number of rotatable bonds is 3. The molecule has 7 aromatic rings. The van der Waals surface area contributed by atoms with E-state index in [0.29, 0.717) is 5.82 Å². The van der Waals surface area contributed by atoms with Crippen LogP contribution in [0.25, 0.3) is 66.5 Å². The van der Waals surface area contributed by atoms with Gasteiger partial charge in [0.1, 0.15) is 0 Å². The summed E-state index contributed by atoms with van der Waals surface area (Å²) in [5.74, 6) is 0.715. The Morgan fingerprint density at radius 1 is 0.417 bits per heavy atom. The molecule has 0 aliphatic carbocycles. The van der Waals surface area contributed by atoms with Crippen molar-refractivity contribution in [1.82, 2.24) is 19.9 Å². The normalized spacial score (nSPS) is 11.3. The molecular weight excluding hydrogens is 440 g/mol. The number of hydrogen-bond donors (Lipinski definition) is 0. The molecule has 0 aliphatic rings. The van der Waals surface area contributed by atoms with Crippen LogP contribution in [0.5, 0.6) is 0 Å². The van der Waals surface area contributed by atoms with Crippen LogP contribution in [0.3, 0.4) is 0 Å². The lowest BCUT2D eigenvalue weighted by Gasteiger charge is -2.10. The third kappa shape index (κ3) is 3.48. The average molecular weight is 461 g/mol. The molecule has 0 saturated heterocycles. The summed E-state index contributed by atoms with van der Waals surface area (Å²) in [4.78, 5) is 18.9. The van der Waals surface area contributed by atoms with Crippen LogP contribution in [0.4, 0.5) is 0 Å². The van der Waals surface area contributed by atoms with E-state index in [-0.39, 0.29) is 0 Å². The van der Waals surface area contributed by atoms with Crippen LogP contribution in [0, 0.1) is 0 Å². The van der Waals surface area contributed by atoms with E-state index < -0.39 is 0 Å². The topological polar surface area (TPSA) is 51.6 Å². The fourth-order valence-corrected chi connectivity index (χ4v) is 4.77. The summed E-state index contributed by atoms with van der Waals surface area (Å²) in [5.41, 5.74) is 6.82. The molecule has 7 rings (SSSR count). The molecule has 0 spiro atoms. The molecule has 3 aromatic heterocycles. The maximum absolute atomic E-state index is 5.13. The van der Waals surface area contributed by atoms with Crippen molar-refractivity contribution in [2.45, 2.75) is 0 Å². The van der Waals surface area contributed by atoms with Gasteiger partial charge in [-0.1, -0.05) is 91.0 Å². The minimum absolute atomic E-state index is 0.715. The summed E-state index contributed by atoms with van der Waals surface area (Å²) >= 11 is 0. The number of benzene rings is 4. The maximum atomic E-state index is 5.13. The van der Waals surface area contributed by atoms with Crippen LogP contribution in [-0.2, 0) is 0 Å². The quantitative estimate of drug-likeness (QED) is 0.253. The van der Waals surface area contributed by atoms with Crippen molar-refractivity contribution in [2.24, 2.45) is 0 Å². The first-order valence-corrected chi connectivity index (χ1v) is 11.9. The zero-order valence-electron chi connectivity index (χ0n) is 19.3. The van der Waals surface area contributed by atoms with E-state index in [1.165, 1.54) is 10.8 Å². The number of fused-ring (bicyclic) bond motifs is 4. The minimum atomic E-state index is 0.715. The predicted molar refractivity (Wildman–Crippen MR) is 146 cm³/mol. The van der Waals surface area contributed by atoms with Crippen molar-refractivity contribution in [3.8, 4) is 33.9 Å². The smallest absolute Gasteiger partial charge is 0.159 e. The van der Waals surface area contributed by atoms with E-state index in [1.807, 2.05) is 18.2 Å². The van der Waals surface area contributed by atoms with Crippen LogP contribution >= 0.6 is 0 Å². The second-order valence-electron chi connectivity index (χ2n) is 8.78. The molecule has 36 heavy (non-hydrogen) atoms. The fraction of sp³-hybridized carbons (Fsp3) is 0. The van der Waals surface area contributed by atoms with Gasteiger partial charge in [0.2, 0.25) is 0 Å². The Bertz CT molecular complexity index is 1870. The number of hydrogen-bond acceptors (Lipinski definition) is 4. The van der Waals surface area contributed by atoms with Crippen LogP contribution in [0.15, 0.2) is 122 Å². The molecule has 168 valence electrons. The molecule has 0 bridgehead atoms. The third-order valence-corrected chi connectivity index (χ3v) is 6.59. The highest BCUT2D eigenvalue weighted by Crippen LogP contribution is 2.32. The molecule has 0 unspecified atom stereocenters. The van der Waals surface area contributed by atoms with Crippen molar-refractivity contribution in [3.05, 3.63) is 122 Å². The first-order valence-electron chi connectivity index (χ1n) is 11.9. The zero-order chi connectivity index (χ0) is 23.9. The summed E-state index contributed by atoms with van der Waals surface area (Å²) in [5, 5.41) is 4.55. The molecule has 0 N–H and O–H groups in total. The average Bonchev–Trinajstić information content (AvgIpc) is 2.97. The van der Waals surface area contributed by atoms with Crippen LogP contribution in [0.1, 0.15) is 0 Å². The SMILES string of the molecule is c1cnc(-c2ccc(-c3ccc4ccc5ccc(-c6cccc7ccccc67)nc5c4n3)cc2)nc1. The Balaban J connectivity index is 1.36. The third-order valence-electron chi connectivity index (χ3n) is 6.59. The molecule has 0 saturated carbocycles. The largest absolute Gasteiger partial charge is 0.245 e. The molecule has 0 radical (unpaired) electrons. The van der Waals surface area contributed by atoms with Crippen LogP contribution < -0.4 is 0 Å². The molecule has 3 heterocycles. The van der Waals surface area contributed by atoms with Crippen molar-refractivity contribution in [1.29, 1.82) is 0 Å². The van der Waals surface area contributed by atoms with Crippen molar-refractivity contribution in [3.63, 3.8) is 0 Å². The van der Waals surface area contributed by atoms with Crippen molar-refractivity contribution >= 4 is 32.6 Å². The molecular formula is C32H20N4. The lowest BCUT2D eigenvalue weighted by molar-refractivity contribution is 1.18. The van der Waals surface area contributed by atoms with E-state index in [0.717, 1.165) is 49.9 Å². The van der Waals surface area contributed by atoms with Gasteiger partial charge in [-0.15, -0.1) is 0 Å². The Kier molecular flexibility index (Phi) is 4.74. The van der Waals surface area contributed by atoms with Gasteiger partial charge in [-0.2, -0.15) is 0 Å². The number of aromatic nitrogens is 4. The lowest BCUT2D eigenvalue weighted by Crippen LogP contribution is -1.92. The van der Waals surface area contributed by atoms with E-state index >= 15 is 0 Å². The lowest BCUT2D eigenvalue weighted by atomic mass is 10.0. The van der Waals surface area contributed by atoms with Gasteiger partial charge in [0.25, 0.3) is 0 Å². The second kappa shape index (κ2) is 8.36.